The van der Waals surface area contributed by atoms with Gasteiger partial charge >= 0.3 is 0 Å². The third-order valence-electron chi connectivity index (χ3n) is 2.88. The molecule has 0 aliphatic carbocycles. The molecule has 0 N–H and O–H groups in total. The number of aryl methyl sites for hydroxylation is 1. The van der Waals surface area contributed by atoms with Crippen molar-refractivity contribution in [2.45, 2.75) is 13.0 Å². The molecule has 1 unspecified atom stereocenters. The van der Waals surface area contributed by atoms with Crippen LogP contribution in [-0.2, 0) is 4.74 Å². The zero-order valence-corrected chi connectivity index (χ0v) is 8.64. The van der Waals surface area contributed by atoms with E-state index in [2.05, 4.69) is 14.9 Å². The van der Waals surface area contributed by atoms with E-state index >= 15 is 0 Å². The summed E-state index contributed by atoms with van der Waals surface area (Å²) in [5, 5.41) is 0. The zero-order valence-electron chi connectivity index (χ0n) is 8.64. The van der Waals surface area contributed by atoms with Crippen molar-refractivity contribution in [3.63, 3.8) is 0 Å². The molecule has 0 amide bonds. The van der Waals surface area contributed by atoms with Gasteiger partial charge in [-0.25, -0.2) is 9.97 Å². The minimum Gasteiger partial charge on any atom is -0.486 e. The molecule has 15 heavy (non-hydrogen) atoms. The van der Waals surface area contributed by atoms with Gasteiger partial charge in [0, 0.05) is 6.54 Å². The maximum Gasteiger partial charge on any atom is 0.183 e. The largest absolute Gasteiger partial charge is 0.486 e. The fourth-order valence-electron chi connectivity index (χ4n) is 2.07. The maximum absolute atomic E-state index is 5.68. The molecule has 0 spiro atoms. The van der Waals surface area contributed by atoms with Crippen LogP contribution in [0.15, 0.2) is 6.33 Å². The fourth-order valence-corrected chi connectivity index (χ4v) is 2.07. The molecule has 80 valence electrons. The number of hydrogen-bond donors (Lipinski definition) is 0. The van der Waals surface area contributed by atoms with Gasteiger partial charge in [-0.05, 0) is 6.92 Å². The first kappa shape index (κ1) is 8.91. The molecule has 2 aliphatic heterocycles. The van der Waals surface area contributed by atoms with E-state index in [-0.39, 0.29) is 0 Å². The van der Waals surface area contributed by atoms with Gasteiger partial charge < -0.3 is 14.4 Å². The van der Waals surface area contributed by atoms with E-state index in [1.807, 2.05) is 6.92 Å². The Labute approximate surface area is 88.0 Å². The molecule has 1 aromatic heterocycles. The molecule has 3 heterocycles. The molecule has 0 bridgehead atoms. The van der Waals surface area contributed by atoms with Gasteiger partial charge in [-0.15, -0.1) is 0 Å². The van der Waals surface area contributed by atoms with Crippen molar-refractivity contribution in [1.82, 2.24) is 9.97 Å². The summed E-state index contributed by atoms with van der Waals surface area (Å²) < 4.78 is 11.1. The van der Waals surface area contributed by atoms with E-state index in [1.165, 1.54) is 0 Å². The van der Waals surface area contributed by atoms with E-state index in [0.29, 0.717) is 12.6 Å². The fraction of sp³-hybridized carbons (Fsp3) is 0.600. The first-order valence-electron chi connectivity index (χ1n) is 5.15. The van der Waals surface area contributed by atoms with Crippen LogP contribution in [0.3, 0.4) is 0 Å². The number of anilines is 1. The minimum atomic E-state index is 0.306. The van der Waals surface area contributed by atoms with Gasteiger partial charge in [0.2, 0.25) is 0 Å². The molecule has 5 heteroatoms. The van der Waals surface area contributed by atoms with Gasteiger partial charge in [0.25, 0.3) is 0 Å². The molecule has 0 aromatic carbocycles. The third kappa shape index (κ3) is 1.34. The van der Waals surface area contributed by atoms with Gasteiger partial charge in [0.05, 0.1) is 24.9 Å². The van der Waals surface area contributed by atoms with Crippen LogP contribution >= 0.6 is 0 Å². The summed E-state index contributed by atoms with van der Waals surface area (Å²) in [7, 11) is 0. The summed E-state index contributed by atoms with van der Waals surface area (Å²) in [4.78, 5) is 10.7. The number of hydrogen-bond acceptors (Lipinski definition) is 5. The van der Waals surface area contributed by atoms with Crippen LogP contribution in [0, 0.1) is 6.92 Å². The van der Waals surface area contributed by atoms with E-state index in [9.17, 15) is 0 Å². The second-order valence-corrected chi connectivity index (χ2v) is 3.84. The van der Waals surface area contributed by atoms with Gasteiger partial charge in [0.1, 0.15) is 12.9 Å². The number of fused-ring (bicyclic) bond motifs is 3. The van der Waals surface area contributed by atoms with Gasteiger partial charge in [-0.2, -0.15) is 0 Å². The Kier molecular flexibility index (Phi) is 1.98. The van der Waals surface area contributed by atoms with Crippen molar-refractivity contribution in [1.29, 1.82) is 0 Å². The summed E-state index contributed by atoms with van der Waals surface area (Å²) >= 11 is 0. The molecular weight excluding hydrogens is 194 g/mol. The molecule has 1 atom stereocenters. The molecule has 2 aliphatic rings. The van der Waals surface area contributed by atoms with Crippen LogP contribution in [0.2, 0.25) is 0 Å². The molecule has 1 fully saturated rings. The van der Waals surface area contributed by atoms with Gasteiger partial charge in [0.15, 0.2) is 11.6 Å². The Bertz CT molecular complexity index is 383. The van der Waals surface area contributed by atoms with Crippen molar-refractivity contribution in [3.8, 4) is 5.75 Å². The maximum atomic E-state index is 5.68. The van der Waals surface area contributed by atoms with Crippen molar-refractivity contribution in [2.75, 3.05) is 31.3 Å². The topological polar surface area (TPSA) is 47.5 Å². The smallest absolute Gasteiger partial charge is 0.183 e. The van der Waals surface area contributed by atoms with E-state index in [4.69, 9.17) is 9.47 Å². The van der Waals surface area contributed by atoms with Crippen LogP contribution in [0.5, 0.6) is 5.75 Å². The Morgan fingerprint density at radius 2 is 2.33 bits per heavy atom. The number of aromatic nitrogens is 2. The normalized spacial score (nSPS) is 24.1. The summed E-state index contributed by atoms with van der Waals surface area (Å²) in [6.07, 6.45) is 1.59. The first-order chi connectivity index (χ1) is 7.36. The zero-order chi connectivity index (χ0) is 10.3. The molecule has 0 radical (unpaired) electrons. The van der Waals surface area contributed by atoms with Gasteiger partial charge in [-0.3, -0.25) is 0 Å². The van der Waals surface area contributed by atoms with Gasteiger partial charge in [-0.1, -0.05) is 0 Å². The Balaban J connectivity index is 2.03. The highest BCUT2D eigenvalue weighted by molar-refractivity contribution is 5.56. The molecule has 0 saturated carbocycles. The van der Waals surface area contributed by atoms with E-state index in [0.717, 1.165) is 37.0 Å². The Morgan fingerprint density at radius 3 is 3.27 bits per heavy atom. The van der Waals surface area contributed by atoms with Crippen molar-refractivity contribution < 1.29 is 9.47 Å². The summed E-state index contributed by atoms with van der Waals surface area (Å²) in [5.41, 5.74) is 0.907. The Hall–Kier alpha value is -1.36. The quantitative estimate of drug-likeness (QED) is 0.615. The number of rotatable bonds is 0. The first-order valence-corrected chi connectivity index (χ1v) is 5.15. The number of ether oxygens (including phenoxy) is 2. The third-order valence-corrected chi connectivity index (χ3v) is 2.88. The van der Waals surface area contributed by atoms with Crippen LogP contribution in [0.4, 0.5) is 5.82 Å². The standard InChI is InChI=1S/C10H13N3O2/c1-7-9-10(12-6-11-7)13-2-3-14-4-8(13)5-15-9/h6,8H,2-5H2,1H3. The predicted octanol–water partition coefficient (Wildman–Crippen LogP) is 0.383. The second-order valence-electron chi connectivity index (χ2n) is 3.84. The predicted molar refractivity (Wildman–Crippen MR) is 54.2 cm³/mol. The van der Waals surface area contributed by atoms with Crippen molar-refractivity contribution in [3.05, 3.63) is 12.0 Å². The number of morpholine rings is 1. The monoisotopic (exact) mass is 207 g/mol. The number of nitrogens with zero attached hydrogens (tertiary/aromatic N) is 3. The average molecular weight is 207 g/mol. The molecule has 3 rings (SSSR count). The highest BCUT2D eigenvalue weighted by Crippen LogP contribution is 2.34. The minimum absolute atomic E-state index is 0.306. The lowest BCUT2D eigenvalue weighted by molar-refractivity contribution is 0.0693. The lowest BCUT2D eigenvalue weighted by Gasteiger charge is -2.40. The van der Waals surface area contributed by atoms with Crippen molar-refractivity contribution >= 4 is 5.82 Å². The van der Waals surface area contributed by atoms with Crippen LogP contribution < -0.4 is 9.64 Å². The van der Waals surface area contributed by atoms with E-state index in [1.54, 1.807) is 6.33 Å². The van der Waals surface area contributed by atoms with Crippen LogP contribution in [0.25, 0.3) is 0 Å². The van der Waals surface area contributed by atoms with E-state index < -0.39 is 0 Å². The van der Waals surface area contributed by atoms with Crippen LogP contribution in [0.1, 0.15) is 5.69 Å². The lowest BCUT2D eigenvalue weighted by Crippen LogP contribution is -2.51. The highest BCUT2D eigenvalue weighted by atomic mass is 16.5. The highest BCUT2D eigenvalue weighted by Gasteiger charge is 2.32. The molecule has 5 nitrogen and oxygen atoms in total. The summed E-state index contributed by atoms with van der Waals surface area (Å²) in [6, 6.07) is 0.306. The lowest BCUT2D eigenvalue weighted by atomic mass is 10.2. The van der Waals surface area contributed by atoms with Crippen LogP contribution in [-0.4, -0.2) is 42.4 Å². The SMILES string of the molecule is Cc1ncnc2c1OCC1COCCN21. The second kappa shape index (κ2) is 3.34. The molecule has 1 saturated heterocycles. The summed E-state index contributed by atoms with van der Waals surface area (Å²) in [6.45, 7) is 4.99. The Morgan fingerprint density at radius 1 is 1.40 bits per heavy atom. The molecule has 1 aromatic rings. The summed E-state index contributed by atoms with van der Waals surface area (Å²) in [5.74, 6) is 1.75. The molecular formula is C10H13N3O2. The average Bonchev–Trinajstić information content (AvgIpc) is 2.29. The van der Waals surface area contributed by atoms with Crippen molar-refractivity contribution in [2.24, 2.45) is 0 Å².